The van der Waals surface area contributed by atoms with Gasteiger partial charge in [-0.05, 0) is 36.6 Å². The maximum Gasteiger partial charge on any atom is 0.251 e. The molecule has 1 amide bonds. The van der Waals surface area contributed by atoms with E-state index in [4.69, 9.17) is 11.6 Å². The SMILES string of the molecule is CS(=O)(=O)N(CCCc1ccccc1)CCNC(=O)c1cccc(Cl)c1. The molecule has 0 saturated heterocycles. The standard InChI is InChI=1S/C19H23ClN2O3S/c1-26(24,25)22(13-6-9-16-7-3-2-4-8-16)14-12-21-19(23)17-10-5-11-18(20)15-17/h2-5,7-8,10-11,15H,6,9,12-14H2,1H3,(H,21,23). The van der Waals surface area contributed by atoms with Crippen molar-refractivity contribution in [1.82, 2.24) is 9.62 Å². The normalized spacial score (nSPS) is 11.5. The van der Waals surface area contributed by atoms with E-state index in [1.807, 2.05) is 30.3 Å². The molecule has 0 unspecified atom stereocenters. The summed E-state index contributed by atoms with van der Waals surface area (Å²) >= 11 is 5.87. The van der Waals surface area contributed by atoms with Gasteiger partial charge in [0, 0.05) is 30.2 Å². The zero-order valence-electron chi connectivity index (χ0n) is 14.7. The summed E-state index contributed by atoms with van der Waals surface area (Å²) in [5.41, 5.74) is 1.63. The van der Waals surface area contributed by atoms with Crippen LogP contribution in [-0.2, 0) is 16.4 Å². The topological polar surface area (TPSA) is 66.5 Å². The first-order valence-electron chi connectivity index (χ1n) is 8.39. The molecule has 0 aromatic heterocycles. The van der Waals surface area contributed by atoms with E-state index in [2.05, 4.69) is 5.32 Å². The van der Waals surface area contributed by atoms with Gasteiger partial charge in [-0.25, -0.2) is 12.7 Å². The summed E-state index contributed by atoms with van der Waals surface area (Å²) in [4.78, 5) is 12.1. The molecule has 0 radical (unpaired) electrons. The second-order valence-corrected chi connectivity index (χ2v) is 8.44. The number of benzene rings is 2. The summed E-state index contributed by atoms with van der Waals surface area (Å²) < 4.78 is 25.3. The van der Waals surface area contributed by atoms with Crippen molar-refractivity contribution in [2.24, 2.45) is 0 Å². The third kappa shape index (κ3) is 6.78. The smallest absolute Gasteiger partial charge is 0.251 e. The zero-order chi connectivity index (χ0) is 19.0. The maximum atomic E-state index is 12.1. The van der Waals surface area contributed by atoms with Gasteiger partial charge >= 0.3 is 0 Å². The van der Waals surface area contributed by atoms with Gasteiger partial charge in [0.1, 0.15) is 0 Å². The average Bonchev–Trinajstić information content (AvgIpc) is 2.60. The van der Waals surface area contributed by atoms with Crippen molar-refractivity contribution in [1.29, 1.82) is 0 Å². The number of sulfonamides is 1. The Hall–Kier alpha value is -1.89. The molecule has 0 aliphatic heterocycles. The Bertz CT molecular complexity index is 826. The van der Waals surface area contributed by atoms with E-state index in [1.165, 1.54) is 16.1 Å². The highest BCUT2D eigenvalue weighted by Crippen LogP contribution is 2.10. The number of aryl methyl sites for hydroxylation is 1. The van der Waals surface area contributed by atoms with E-state index < -0.39 is 10.0 Å². The molecule has 5 nitrogen and oxygen atoms in total. The van der Waals surface area contributed by atoms with E-state index >= 15 is 0 Å². The number of hydrogen-bond acceptors (Lipinski definition) is 3. The highest BCUT2D eigenvalue weighted by atomic mass is 35.5. The molecule has 140 valence electrons. The van der Waals surface area contributed by atoms with Gasteiger partial charge in [0.05, 0.1) is 6.26 Å². The van der Waals surface area contributed by atoms with Gasteiger partial charge in [0.15, 0.2) is 0 Å². The summed E-state index contributed by atoms with van der Waals surface area (Å²) in [6.07, 6.45) is 2.72. The fourth-order valence-corrected chi connectivity index (χ4v) is 3.65. The molecule has 0 aliphatic rings. The summed E-state index contributed by atoms with van der Waals surface area (Å²) in [5.74, 6) is -0.273. The minimum absolute atomic E-state index is 0.236. The van der Waals surface area contributed by atoms with Crippen LogP contribution in [0.25, 0.3) is 0 Å². The molecular weight excluding hydrogens is 372 g/mol. The molecule has 26 heavy (non-hydrogen) atoms. The minimum Gasteiger partial charge on any atom is -0.351 e. The molecule has 0 atom stereocenters. The molecule has 2 aromatic rings. The molecule has 0 fully saturated rings. The molecule has 0 bridgehead atoms. The lowest BCUT2D eigenvalue weighted by Gasteiger charge is -2.20. The summed E-state index contributed by atoms with van der Waals surface area (Å²) in [6, 6.07) is 16.6. The first-order valence-corrected chi connectivity index (χ1v) is 10.6. The minimum atomic E-state index is -3.33. The lowest BCUT2D eigenvalue weighted by Crippen LogP contribution is -2.38. The fourth-order valence-electron chi connectivity index (χ4n) is 2.57. The maximum absolute atomic E-state index is 12.1. The Morgan fingerprint density at radius 2 is 1.81 bits per heavy atom. The lowest BCUT2D eigenvalue weighted by molar-refractivity contribution is 0.0951. The monoisotopic (exact) mass is 394 g/mol. The predicted octanol–water partition coefficient (Wildman–Crippen LogP) is 2.96. The first kappa shape index (κ1) is 20.4. The number of amides is 1. The second-order valence-electron chi connectivity index (χ2n) is 6.02. The highest BCUT2D eigenvalue weighted by Gasteiger charge is 2.16. The van der Waals surface area contributed by atoms with Crippen LogP contribution in [0.2, 0.25) is 5.02 Å². The van der Waals surface area contributed by atoms with Gasteiger partial charge in [-0.2, -0.15) is 0 Å². The van der Waals surface area contributed by atoms with E-state index in [0.717, 1.165) is 12.8 Å². The Morgan fingerprint density at radius 3 is 2.46 bits per heavy atom. The van der Waals surface area contributed by atoms with Crippen molar-refractivity contribution < 1.29 is 13.2 Å². The molecule has 0 aliphatic carbocycles. The van der Waals surface area contributed by atoms with Crippen LogP contribution in [0.3, 0.4) is 0 Å². The first-order chi connectivity index (χ1) is 12.4. The Labute approximate surface area is 160 Å². The largest absolute Gasteiger partial charge is 0.351 e. The van der Waals surface area contributed by atoms with Crippen molar-refractivity contribution in [2.75, 3.05) is 25.9 Å². The third-order valence-corrected chi connectivity index (χ3v) is 5.46. The summed E-state index contributed by atoms with van der Waals surface area (Å²) in [7, 11) is -3.33. The molecule has 2 rings (SSSR count). The Balaban J connectivity index is 1.83. The fraction of sp³-hybridized carbons (Fsp3) is 0.316. The van der Waals surface area contributed by atoms with E-state index in [9.17, 15) is 13.2 Å². The number of rotatable bonds is 9. The molecular formula is C19H23ClN2O3S. The van der Waals surface area contributed by atoms with Gasteiger partial charge in [-0.3, -0.25) is 4.79 Å². The average molecular weight is 395 g/mol. The van der Waals surface area contributed by atoms with Gasteiger partial charge in [0.25, 0.3) is 5.91 Å². The van der Waals surface area contributed by atoms with Crippen LogP contribution >= 0.6 is 11.6 Å². The second kappa shape index (κ2) is 9.71. The van der Waals surface area contributed by atoms with Crippen LogP contribution in [0.1, 0.15) is 22.3 Å². The number of halogens is 1. The van der Waals surface area contributed by atoms with Crippen LogP contribution < -0.4 is 5.32 Å². The number of nitrogens with zero attached hydrogens (tertiary/aromatic N) is 1. The van der Waals surface area contributed by atoms with Gasteiger partial charge in [-0.15, -0.1) is 0 Å². The van der Waals surface area contributed by atoms with Crippen LogP contribution in [0.15, 0.2) is 54.6 Å². The highest BCUT2D eigenvalue weighted by molar-refractivity contribution is 7.88. The molecule has 7 heteroatoms. The van der Waals surface area contributed by atoms with Gasteiger partial charge in [-0.1, -0.05) is 48.0 Å². The van der Waals surface area contributed by atoms with E-state index in [1.54, 1.807) is 24.3 Å². The quantitative estimate of drug-likeness (QED) is 0.711. The van der Waals surface area contributed by atoms with Crippen LogP contribution in [0, 0.1) is 0 Å². The van der Waals surface area contributed by atoms with Crippen molar-refractivity contribution in [3.05, 3.63) is 70.7 Å². The number of nitrogens with one attached hydrogen (secondary N) is 1. The van der Waals surface area contributed by atoms with Crippen molar-refractivity contribution in [3.8, 4) is 0 Å². The molecule has 0 spiro atoms. The van der Waals surface area contributed by atoms with Crippen LogP contribution in [0.4, 0.5) is 0 Å². The van der Waals surface area contributed by atoms with Crippen molar-refractivity contribution >= 4 is 27.5 Å². The van der Waals surface area contributed by atoms with Crippen molar-refractivity contribution in [3.63, 3.8) is 0 Å². The van der Waals surface area contributed by atoms with Gasteiger partial charge in [0.2, 0.25) is 10.0 Å². The molecule has 0 saturated carbocycles. The number of carbonyl (C=O) groups excluding carboxylic acids is 1. The molecule has 1 N–H and O–H groups in total. The summed E-state index contributed by atoms with van der Waals surface area (Å²) in [5, 5.41) is 3.22. The predicted molar refractivity (Wildman–Crippen MR) is 105 cm³/mol. The Kier molecular flexibility index (Phi) is 7.63. The number of carbonyl (C=O) groups is 1. The van der Waals surface area contributed by atoms with Crippen molar-refractivity contribution in [2.45, 2.75) is 12.8 Å². The lowest BCUT2D eigenvalue weighted by atomic mass is 10.1. The Morgan fingerprint density at radius 1 is 1.08 bits per heavy atom. The molecule has 0 heterocycles. The zero-order valence-corrected chi connectivity index (χ0v) is 16.3. The third-order valence-electron chi connectivity index (χ3n) is 3.92. The van der Waals surface area contributed by atoms with E-state index in [0.29, 0.717) is 17.1 Å². The van der Waals surface area contributed by atoms with Crippen LogP contribution in [0.5, 0.6) is 0 Å². The van der Waals surface area contributed by atoms with Crippen LogP contribution in [-0.4, -0.2) is 44.5 Å². The van der Waals surface area contributed by atoms with Gasteiger partial charge < -0.3 is 5.32 Å². The summed E-state index contributed by atoms with van der Waals surface area (Å²) in [6.45, 7) is 0.893. The number of hydrogen-bond donors (Lipinski definition) is 1. The van der Waals surface area contributed by atoms with E-state index in [-0.39, 0.29) is 19.0 Å². The molecule has 2 aromatic carbocycles.